The molecule has 3 aromatic heterocycles. The molecule has 0 unspecified atom stereocenters. The van der Waals surface area contributed by atoms with Crippen LogP contribution in [0.3, 0.4) is 0 Å². The third-order valence-corrected chi connectivity index (χ3v) is 8.26. The van der Waals surface area contributed by atoms with E-state index in [2.05, 4.69) is 124 Å². The summed E-state index contributed by atoms with van der Waals surface area (Å²) >= 11 is 0. The van der Waals surface area contributed by atoms with Crippen LogP contribution in [-0.4, -0.2) is 24.9 Å². The molecule has 6 nitrogen and oxygen atoms in total. The van der Waals surface area contributed by atoms with Crippen LogP contribution in [0.15, 0.2) is 183 Å². The SMILES string of the molecule is c1ccc(-c2cc(-c3nc(-c4cccnc4)nc(-c4cccnc4)n3)cc(-c3ccccc3)c2N(c2ccccc2)c2ccccc2)cc1. The summed E-state index contributed by atoms with van der Waals surface area (Å²) in [6, 6.07) is 54.1. The van der Waals surface area contributed by atoms with Gasteiger partial charge in [-0.05, 0) is 71.8 Å². The molecule has 232 valence electrons. The highest BCUT2D eigenvalue weighted by molar-refractivity contribution is 5.99. The van der Waals surface area contributed by atoms with E-state index in [4.69, 9.17) is 15.0 Å². The first-order chi connectivity index (χ1) is 24.3. The maximum absolute atomic E-state index is 5.06. The van der Waals surface area contributed by atoms with Crippen LogP contribution in [0.1, 0.15) is 0 Å². The van der Waals surface area contributed by atoms with Crippen molar-refractivity contribution in [2.45, 2.75) is 0 Å². The molecule has 0 bridgehead atoms. The molecule has 8 aromatic rings. The van der Waals surface area contributed by atoms with E-state index >= 15 is 0 Å². The van der Waals surface area contributed by atoms with Gasteiger partial charge in [-0.15, -0.1) is 0 Å². The maximum atomic E-state index is 5.06. The first-order valence-corrected chi connectivity index (χ1v) is 16.1. The summed E-state index contributed by atoms with van der Waals surface area (Å²) in [5.74, 6) is 1.64. The van der Waals surface area contributed by atoms with Gasteiger partial charge in [-0.3, -0.25) is 9.97 Å². The molecule has 5 aromatic carbocycles. The zero-order valence-corrected chi connectivity index (χ0v) is 26.5. The standard InChI is InChI=1S/C43H30N6/c1-5-15-31(16-6-1)38-27-35(43-47-41(33-19-13-25-44-29-33)46-42(48-43)34-20-14-26-45-30-34)28-39(32-17-7-2-8-18-32)40(38)49(36-21-9-3-10-22-36)37-23-11-4-12-24-37/h1-30H. The van der Waals surface area contributed by atoms with Crippen LogP contribution >= 0.6 is 0 Å². The molecule has 0 atom stereocenters. The Morgan fingerprint density at radius 3 is 1.10 bits per heavy atom. The van der Waals surface area contributed by atoms with Gasteiger partial charge in [0.25, 0.3) is 0 Å². The predicted octanol–water partition coefficient (Wildman–Crippen LogP) is 10.5. The number of hydrogen-bond donors (Lipinski definition) is 0. The Kier molecular flexibility index (Phi) is 8.17. The van der Waals surface area contributed by atoms with Crippen molar-refractivity contribution in [1.29, 1.82) is 0 Å². The van der Waals surface area contributed by atoms with E-state index in [1.807, 2.05) is 48.5 Å². The van der Waals surface area contributed by atoms with Crippen molar-refractivity contribution in [3.8, 4) is 56.4 Å². The van der Waals surface area contributed by atoms with E-state index in [0.29, 0.717) is 17.5 Å². The molecule has 6 heteroatoms. The van der Waals surface area contributed by atoms with E-state index in [1.54, 1.807) is 24.8 Å². The average Bonchev–Trinajstić information content (AvgIpc) is 3.20. The summed E-state index contributed by atoms with van der Waals surface area (Å²) in [5, 5.41) is 0. The van der Waals surface area contributed by atoms with Crippen LogP contribution < -0.4 is 4.90 Å². The van der Waals surface area contributed by atoms with Crippen LogP contribution in [0, 0.1) is 0 Å². The van der Waals surface area contributed by atoms with Crippen molar-refractivity contribution >= 4 is 17.1 Å². The van der Waals surface area contributed by atoms with Crippen molar-refractivity contribution in [2.24, 2.45) is 0 Å². The number of aromatic nitrogens is 5. The Balaban J connectivity index is 1.46. The van der Waals surface area contributed by atoms with Gasteiger partial charge in [-0.25, -0.2) is 15.0 Å². The number of anilines is 3. The second kappa shape index (κ2) is 13.5. The molecule has 0 aliphatic heterocycles. The lowest BCUT2D eigenvalue weighted by Gasteiger charge is -2.31. The number of benzene rings is 5. The quantitative estimate of drug-likeness (QED) is 0.166. The van der Waals surface area contributed by atoms with Gasteiger partial charge in [0.05, 0.1) is 5.69 Å². The summed E-state index contributed by atoms with van der Waals surface area (Å²) in [6.45, 7) is 0. The molecule has 0 aliphatic carbocycles. The van der Waals surface area contributed by atoms with Gasteiger partial charge in [-0.1, -0.05) is 97.1 Å². The number of rotatable bonds is 8. The van der Waals surface area contributed by atoms with E-state index in [0.717, 1.165) is 56.0 Å². The molecule has 0 radical (unpaired) electrons. The van der Waals surface area contributed by atoms with Gasteiger partial charge in [0.15, 0.2) is 17.5 Å². The zero-order chi connectivity index (χ0) is 32.8. The van der Waals surface area contributed by atoms with Gasteiger partial charge in [0, 0.05) is 64.0 Å². The lowest BCUT2D eigenvalue weighted by molar-refractivity contribution is 1.07. The summed E-state index contributed by atoms with van der Waals surface area (Å²) in [4.78, 5) is 26.0. The number of hydrogen-bond acceptors (Lipinski definition) is 6. The van der Waals surface area contributed by atoms with Gasteiger partial charge in [-0.2, -0.15) is 0 Å². The molecule has 0 amide bonds. The molecule has 0 aliphatic rings. The highest BCUT2D eigenvalue weighted by Crippen LogP contribution is 2.48. The molecular formula is C43H30N6. The van der Waals surface area contributed by atoms with Crippen LogP contribution in [0.4, 0.5) is 17.1 Å². The molecular weight excluding hydrogens is 601 g/mol. The Labute approximate surface area is 285 Å². The van der Waals surface area contributed by atoms with Crippen LogP contribution in [-0.2, 0) is 0 Å². The summed E-state index contributed by atoms with van der Waals surface area (Å²) in [6.07, 6.45) is 7.04. The molecule has 8 rings (SSSR count). The lowest BCUT2D eigenvalue weighted by atomic mass is 9.91. The summed E-state index contributed by atoms with van der Waals surface area (Å²) in [7, 11) is 0. The Bertz CT molecular complexity index is 2140. The molecule has 3 heterocycles. The highest BCUT2D eigenvalue weighted by Gasteiger charge is 2.24. The molecule has 0 spiro atoms. The van der Waals surface area contributed by atoms with Crippen LogP contribution in [0.5, 0.6) is 0 Å². The molecule has 0 N–H and O–H groups in total. The van der Waals surface area contributed by atoms with E-state index in [9.17, 15) is 0 Å². The van der Waals surface area contributed by atoms with Gasteiger partial charge >= 0.3 is 0 Å². The average molecular weight is 631 g/mol. The lowest BCUT2D eigenvalue weighted by Crippen LogP contribution is -2.13. The van der Waals surface area contributed by atoms with Crippen molar-refractivity contribution < 1.29 is 0 Å². The number of para-hydroxylation sites is 2. The minimum atomic E-state index is 0.541. The monoisotopic (exact) mass is 630 g/mol. The zero-order valence-electron chi connectivity index (χ0n) is 26.5. The predicted molar refractivity (Wildman–Crippen MR) is 197 cm³/mol. The maximum Gasteiger partial charge on any atom is 0.165 e. The number of nitrogens with zero attached hydrogens (tertiary/aromatic N) is 6. The Hall–Kier alpha value is -6.79. The first-order valence-electron chi connectivity index (χ1n) is 16.1. The van der Waals surface area contributed by atoms with Crippen molar-refractivity contribution in [3.63, 3.8) is 0 Å². The fraction of sp³-hybridized carbons (Fsp3) is 0. The Morgan fingerprint density at radius 1 is 0.347 bits per heavy atom. The van der Waals surface area contributed by atoms with E-state index < -0.39 is 0 Å². The van der Waals surface area contributed by atoms with Gasteiger partial charge in [0.1, 0.15) is 0 Å². The fourth-order valence-electron chi connectivity index (χ4n) is 5.99. The largest absolute Gasteiger partial charge is 0.309 e. The second-order valence-corrected chi connectivity index (χ2v) is 11.4. The molecule has 0 saturated heterocycles. The van der Waals surface area contributed by atoms with Crippen molar-refractivity contribution in [1.82, 2.24) is 24.9 Å². The van der Waals surface area contributed by atoms with E-state index in [-0.39, 0.29) is 0 Å². The van der Waals surface area contributed by atoms with Crippen molar-refractivity contribution in [3.05, 3.63) is 183 Å². The topological polar surface area (TPSA) is 67.7 Å². The van der Waals surface area contributed by atoms with Crippen LogP contribution in [0.2, 0.25) is 0 Å². The smallest absolute Gasteiger partial charge is 0.165 e. The van der Waals surface area contributed by atoms with E-state index in [1.165, 1.54) is 0 Å². The molecule has 0 fully saturated rings. The summed E-state index contributed by atoms with van der Waals surface area (Å²) in [5.41, 5.74) is 9.84. The first kappa shape index (κ1) is 29.6. The van der Waals surface area contributed by atoms with Crippen molar-refractivity contribution in [2.75, 3.05) is 4.90 Å². The second-order valence-electron chi connectivity index (χ2n) is 11.4. The minimum Gasteiger partial charge on any atom is -0.309 e. The van der Waals surface area contributed by atoms with Gasteiger partial charge < -0.3 is 4.90 Å². The normalized spacial score (nSPS) is 10.9. The third-order valence-electron chi connectivity index (χ3n) is 8.26. The molecule has 0 saturated carbocycles. The number of pyridine rings is 2. The summed E-state index contributed by atoms with van der Waals surface area (Å²) < 4.78 is 0. The van der Waals surface area contributed by atoms with Crippen LogP contribution in [0.25, 0.3) is 56.4 Å². The van der Waals surface area contributed by atoms with Gasteiger partial charge in [0.2, 0.25) is 0 Å². The third kappa shape index (κ3) is 6.19. The minimum absolute atomic E-state index is 0.541. The molecule has 49 heavy (non-hydrogen) atoms. The Morgan fingerprint density at radius 2 is 0.714 bits per heavy atom. The highest BCUT2D eigenvalue weighted by atomic mass is 15.1. The fourth-order valence-corrected chi connectivity index (χ4v) is 5.99.